The third kappa shape index (κ3) is 2.30. The molecule has 3 rings (SSSR count). The predicted octanol–water partition coefficient (Wildman–Crippen LogP) is 1.83. The Bertz CT molecular complexity index is 685. The fraction of sp³-hybridized carbons (Fsp3) is 0.250. The summed E-state index contributed by atoms with van der Waals surface area (Å²) in [6.07, 6.45) is 2.45. The molecular weight excluding hydrogens is 252 g/mol. The van der Waals surface area contributed by atoms with E-state index in [4.69, 9.17) is 0 Å². The van der Waals surface area contributed by atoms with E-state index in [1.165, 1.54) is 0 Å². The van der Waals surface area contributed by atoms with Gasteiger partial charge in [-0.25, -0.2) is 0 Å². The minimum Gasteiger partial charge on any atom is -0.329 e. The highest BCUT2D eigenvalue weighted by atomic mass is 16.1. The number of benzene rings is 1. The van der Waals surface area contributed by atoms with Crippen molar-refractivity contribution in [3.63, 3.8) is 0 Å². The molecule has 2 heterocycles. The van der Waals surface area contributed by atoms with E-state index in [9.17, 15) is 9.59 Å². The number of hydrogen-bond donors (Lipinski definition) is 2. The van der Waals surface area contributed by atoms with Gasteiger partial charge < -0.3 is 10.3 Å². The maximum Gasteiger partial charge on any atom is 0.255 e. The third-order valence-corrected chi connectivity index (χ3v) is 3.73. The second kappa shape index (κ2) is 5.43. The van der Waals surface area contributed by atoms with Crippen LogP contribution in [-0.2, 0) is 0 Å². The van der Waals surface area contributed by atoms with E-state index in [1.54, 1.807) is 18.3 Å². The first-order chi connectivity index (χ1) is 9.77. The second-order valence-electron chi connectivity index (χ2n) is 5.01. The lowest BCUT2D eigenvalue weighted by Gasteiger charge is -2.11. The lowest BCUT2D eigenvalue weighted by molar-refractivity contribution is 0.0931. The van der Waals surface area contributed by atoms with E-state index in [2.05, 4.69) is 10.3 Å². The molecular formula is C16H16N2O2. The first-order valence-electron chi connectivity index (χ1n) is 6.79. The molecule has 1 unspecified atom stereocenters. The molecule has 1 fully saturated rings. The monoisotopic (exact) mass is 268 g/mol. The highest BCUT2D eigenvalue weighted by molar-refractivity contribution is 6.03. The number of rotatable bonds is 3. The van der Waals surface area contributed by atoms with Crippen LogP contribution in [-0.4, -0.2) is 23.9 Å². The molecule has 0 spiro atoms. The van der Waals surface area contributed by atoms with Crippen LogP contribution < -0.4 is 10.9 Å². The van der Waals surface area contributed by atoms with Gasteiger partial charge in [-0.15, -0.1) is 0 Å². The first kappa shape index (κ1) is 12.8. The van der Waals surface area contributed by atoms with E-state index in [0.29, 0.717) is 16.7 Å². The Labute approximate surface area is 116 Å². The van der Waals surface area contributed by atoms with Gasteiger partial charge in [-0.1, -0.05) is 24.3 Å². The zero-order chi connectivity index (χ0) is 13.9. The Morgan fingerprint density at radius 3 is 2.65 bits per heavy atom. The standard InChI is InChI=1S/C16H16N2O2/c19-15(11-7-9-17-10-11)13-5-2-1-4-12(13)14-6-3-8-18-16(14)20/h1-6,8,11,17H,7,9-10H2,(H,18,20). The topological polar surface area (TPSA) is 62.0 Å². The molecule has 1 aromatic carbocycles. The summed E-state index contributed by atoms with van der Waals surface area (Å²) in [5.41, 5.74) is 1.73. The van der Waals surface area contributed by atoms with Crippen LogP contribution >= 0.6 is 0 Å². The number of nitrogens with one attached hydrogen (secondary N) is 2. The fourth-order valence-electron chi connectivity index (χ4n) is 2.66. The van der Waals surface area contributed by atoms with E-state index >= 15 is 0 Å². The third-order valence-electron chi connectivity index (χ3n) is 3.73. The van der Waals surface area contributed by atoms with Crippen LogP contribution in [0.3, 0.4) is 0 Å². The van der Waals surface area contributed by atoms with Crippen molar-refractivity contribution in [3.05, 3.63) is 58.5 Å². The molecule has 2 aromatic rings. The lowest BCUT2D eigenvalue weighted by atomic mass is 9.91. The Balaban J connectivity index is 2.07. The Kier molecular flexibility index (Phi) is 3.48. The molecule has 20 heavy (non-hydrogen) atoms. The van der Waals surface area contributed by atoms with Crippen molar-refractivity contribution in [2.75, 3.05) is 13.1 Å². The number of carbonyl (C=O) groups is 1. The Hall–Kier alpha value is -2.20. The van der Waals surface area contributed by atoms with Crippen LogP contribution in [0.5, 0.6) is 0 Å². The van der Waals surface area contributed by atoms with E-state index in [-0.39, 0.29) is 17.3 Å². The molecule has 0 aliphatic carbocycles. The average Bonchev–Trinajstić information content (AvgIpc) is 3.01. The summed E-state index contributed by atoms with van der Waals surface area (Å²) >= 11 is 0. The number of Topliss-reactive ketones (excluding diaryl/α,β-unsaturated/α-hetero) is 1. The van der Waals surface area contributed by atoms with Gasteiger partial charge in [-0.2, -0.15) is 0 Å². The van der Waals surface area contributed by atoms with Gasteiger partial charge in [0.15, 0.2) is 5.78 Å². The predicted molar refractivity (Wildman–Crippen MR) is 77.8 cm³/mol. The van der Waals surface area contributed by atoms with E-state index in [1.807, 2.05) is 24.3 Å². The molecule has 0 saturated carbocycles. The summed E-state index contributed by atoms with van der Waals surface area (Å²) in [7, 11) is 0. The second-order valence-corrected chi connectivity index (χ2v) is 5.01. The fourth-order valence-corrected chi connectivity index (χ4v) is 2.66. The molecule has 4 heteroatoms. The van der Waals surface area contributed by atoms with E-state index < -0.39 is 0 Å². The number of hydrogen-bond acceptors (Lipinski definition) is 3. The van der Waals surface area contributed by atoms with Crippen LogP contribution in [0.15, 0.2) is 47.4 Å². The van der Waals surface area contributed by atoms with Crippen molar-refractivity contribution in [3.8, 4) is 11.1 Å². The van der Waals surface area contributed by atoms with Crippen molar-refractivity contribution in [2.45, 2.75) is 6.42 Å². The van der Waals surface area contributed by atoms with Gasteiger partial charge in [0.2, 0.25) is 0 Å². The molecule has 1 aliphatic rings. The van der Waals surface area contributed by atoms with Gasteiger partial charge in [0.25, 0.3) is 5.56 Å². The summed E-state index contributed by atoms with van der Waals surface area (Å²) in [6.45, 7) is 1.60. The lowest BCUT2D eigenvalue weighted by Crippen LogP contribution is -2.19. The minimum atomic E-state index is -0.169. The summed E-state index contributed by atoms with van der Waals surface area (Å²) in [6, 6.07) is 10.9. The summed E-state index contributed by atoms with van der Waals surface area (Å²) in [5, 5.41) is 3.20. The normalized spacial score (nSPS) is 18.1. The quantitative estimate of drug-likeness (QED) is 0.835. The van der Waals surface area contributed by atoms with Gasteiger partial charge in [0.05, 0.1) is 0 Å². The molecule has 1 aliphatic heterocycles. The molecule has 1 saturated heterocycles. The summed E-state index contributed by atoms with van der Waals surface area (Å²) in [5.74, 6) is 0.132. The zero-order valence-corrected chi connectivity index (χ0v) is 11.1. The summed E-state index contributed by atoms with van der Waals surface area (Å²) in [4.78, 5) is 27.2. The molecule has 2 N–H and O–H groups in total. The number of carbonyl (C=O) groups excluding carboxylic acids is 1. The number of H-pyrrole nitrogens is 1. The van der Waals surface area contributed by atoms with Crippen LogP contribution in [0.2, 0.25) is 0 Å². The number of ketones is 1. The molecule has 1 atom stereocenters. The smallest absolute Gasteiger partial charge is 0.255 e. The maximum absolute atomic E-state index is 12.6. The highest BCUT2D eigenvalue weighted by Gasteiger charge is 2.25. The number of aromatic nitrogens is 1. The van der Waals surface area contributed by atoms with Crippen LogP contribution in [0.4, 0.5) is 0 Å². The zero-order valence-electron chi connectivity index (χ0n) is 11.1. The van der Waals surface area contributed by atoms with E-state index in [0.717, 1.165) is 19.5 Å². The van der Waals surface area contributed by atoms with Crippen molar-refractivity contribution >= 4 is 5.78 Å². The Morgan fingerprint density at radius 1 is 1.10 bits per heavy atom. The van der Waals surface area contributed by atoms with Crippen LogP contribution in [0.25, 0.3) is 11.1 Å². The van der Waals surface area contributed by atoms with Crippen LogP contribution in [0.1, 0.15) is 16.8 Å². The maximum atomic E-state index is 12.6. The molecule has 0 bridgehead atoms. The van der Waals surface area contributed by atoms with Gasteiger partial charge in [-0.3, -0.25) is 9.59 Å². The number of aromatic amines is 1. The minimum absolute atomic E-state index is 0.0129. The largest absolute Gasteiger partial charge is 0.329 e. The van der Waals surface area contributed by atoms with Crippen molar-refractivity contribution in [2.24, 2.45) is 5.92 Å². The Morgan fingerprint density at radius 2 is 1.90 bits per heavy atom. The van der Waals surface area contributed by atoms with Gasteiger partial charge in [-0.05, 0) is 30.7 Å². The van der Waals surface area contributed by atoms with Gasteiger partial charge >= 0.3 is 0 Å². The van der Waals surface area contributed by atoms with Crippen molar-refractivity contribution in [1.82, 2.24) is 10.3 Å². The molecule has 102 valence electrons. The summed E-state index contributed by atoms with van der Waals surface area (Å²) < 4.78 is 0. The van der Waals surface area contributed by atoms with Crippen molar-refractivity contribution < 1.29 is 4.79 Å². The SMILES string of the molecule is O=C(c1ccccc1-c1ccc[nH]c1=O)C1CCNC1. The van der Waals surface area contributed by atoms with Crippen molar-refractivity contribution in [1.29, 1.82) is 0 Å². The molecule has 1 aromatic heterocycles. The molecule has 4 nitrogen and oxygen atoms in total. The van der Waals surface area contributed by atoms with Crippen LogP contribution in [0, 0.1) is 5.92 Å². The van der Waals surface area contributed by atoms with Gasteiger partial charge in [0.1, 0.15) is 0 Å². The average molecular weight is 268 g/mol. The number of pyridine rings is 1. The van der Waals surface area contributed by atoms with Gasteiger partial charge in [0, 0.05) is 29.8 Å². The first-order valence-corrected chi connectivity index (χ1v) is 6.79. The highest BCUT2D eigenvalue weighted by Crippen LogP contribution is 2.24. The molecule has 0 radical (unpaired) electrons. The molecule has 0 amide bonds.